The number of nitrogens with zero attached hydrogens (tertiary/aromatic N) is 4. The maximum absolute atomic E-state index is 10.1. The van der Waals surface area contributed by atoms with Crippen molar-refractivity contribution in [2.45, 2.75) is 63.5 Å². The molecule has 26 heavy (non-hydrogen) atoms. The highest BCUT2D eigenvalue weighted by molar-refractivity contribution is 6.45. The normalized spacial score (nSPS) is 26.0. The van der Waals surface area contributed by atoms with Crippen LogP contribution in [0, 0.1) is 0 Å². The Hall–Kier alpha value is -0.595. The Morgan fingerprint density at radius 2 is 2.00 bits per heavy atom. The number of hydrogen-bond donors (Lipinski definition) is 2. The van der Waals surface area contributed by atoms with Gasteiger partial charge < -0.3 is 20.1 Å². The molecule has 2 aliphatic rings. The monoisotopic (exact) mass is 399 g/mol. The number of fused-ring (bicyclic) bond motifs is 2. The highest BCUT2D eigenvalue weighted by atomic mass is 35.5. The van der Waals surface area contributed by atoms with E-state index >= 15 is 0 Å². The van der Waals surface area contributed by atoms with Gasteiger partial charge in [0.15, 0.2) is 10.3 Å². The van der Waals surface area contributed by atoms with Gasteiger partial charge in [0.2, 0.25) is 0 Å². The maximum Gasteiger partial charge on any atom is 0.376 e. The zero-order chi connectivity index (χ0) is 18.7. The molecule has 0 saturated carbocycles. The predicted octanol–water partition coefficient (Wildman–Crippen LogP) is 2.70. The summed E-state index contributed by atoms with van der Waals surface area (Å²) in [6.07, 6.45) is 6.98. The molecule has 1 aromatic heterocycles. The van der Waals surface area contributed by atoms with Gasteiger partial charge in [-0.15, -0.1) is 10.2 Å². The smallest absolute Gasteiger partial charge is 0.376 e. The lowest BCUT2D eigenvalue weighted by Crippen LogP contribution is -2.60. The number of nitrogens with one attached hydrogen (secondary N) is 1. The van der Waals surface area contributed by atoms with E-state index in [2.05, 4.69) is 25.2 Å². The van der Waals surface area contributed by atoms with Gasteiger partial charge in [-0.2, -0.15) is 0 Å². The summed E-state index contributed by atoms with van der Waals surface area (Å²) in [4.78, 5) is 4.40. The lowest BCUT2D eigenvalue weighted by molar-refractivity contribution is 0.0825. The molecule has 2 bridgehead atoms. The molecule has 2 N–H and O–H groups in total. The van der Waals surface area contributed by atoms with E-state index in [1.165, 1.54) is 19.3 Å². The van der Waals surface area contributed by atoms with E-state index in [0.29, 0.717) is 28.4 Å². The largest absolute Gasteiger partial charge is 0.437 e. The molecule has 0 aromatic carbocycles. The van der Waals surface area contributed by atoms with E-state index in [1.54, 1.807) is 6.07 Å². The van der Waals surface area contributed by atoms with E-state index in [4.69, 9.17) is 23.2 Å². The van der Waals surface area contributed by atoms with Crippen molar-refractivity contribution in [1.29, 1.82) is 0 Å². The standard InChI is InChI=1S/C17H28BCl2N5O/c1-18(26)25-13-5-3-6-14(25)10-12(9-13)21-7-4-8-24(2)15-11-16(19)22-23-17(15)20/h11-14,21,26H,3-10H2,1-2H3. The van der Waals surface area contributed by atoms with Gasteiger partial charge >= 0.3 is 7.05 Å². The molecular weight excluding hydrogens is 372 g/mol. The Balaban J connectivity index is 1.44. The third-order valence-corrected chi connectivity index (χ3v) is 6.13. The average Bonchev–Trinajstić information content (AvgIpc) is 2.59. The first-order chi connectivity index (χ1) is 12.5. The number of halogens is 2. The van der Waals surface area contributed by atoms with Crippen LogP contribution in [-0.4, -0.2) is 65.3 Å². The first-order valence-electron chi connectivity index (χ1n) is 9.54. The van der Waals surface area contributed by atoms with Gasteiger partial charge in [-0.25, -0.2) is 0 Å². The van der Waals surface area contributed by atoms with Crippen LogP contribution < -0.4 is 10.2 Å². The fourth-order valence-electron chi connectivity index (χ4n) is 4.55. The van der Waals surface area contributed by atoms with Crippen molar-refractivity contribution in [2.75, 3.05) is 25.0 Å². The maximum atomic E-state index is 10.1. The summed E-state index contributed by atoms with van der Waals surface area (Å²) in [5.41, 5.74) is 0.812. The van der Waals surface area contributed by atoms with Crippen molar-refractivity contribution >= 4 is 35.9 Å². The van der Waals surface area contributed by atoms with E-state index in [0.717, 1.165) is 38.0 Å². The van der Waals surface area contributed by atoms with E-state index in [-0.39, 0.29) is 7.05 Å². The Bertz CT molecular complexity index is 595. The topological polar surface area (TPSA) is 64.5 Å². The summed E-state index contributed by atoms with van der Waals surface area (Å²) in [5, 5.41) is 22.1. The van der Waals surface area contributed by atoms with Crippen molar-refractivity contribution < 1.29 is 5.02 Å². The lowest BCUT2D eigenvalue weighted by Gasteiger charge is -2.50. The molecule has 2 saturated heterocycles. The minimum absolute atomic E-state index is 0.328. The van der Waals surface area contributed by atoms with Crippen LogP contribution in [0.1, 0.15) is 38.5 Å². The third kappa shape index (κ3) is 4.81. The van der Waals surface area contributed by atoms with Crippen LogP contribution in [0.5, 0.6) is 0 Å². The Morgan fingerprint density at radius 1 is 1.31 bits per heavy atom. The van der Waals surface area contributed by atoms with Crippen LogP contribution >= 0.6 is 23.2 Å². The first kappa shape index (κ1) is 20.1. The molecule has 1 aromatic rings. The summed E-state index contributed by atoms with van der Waals surface area (Å²) in [6.45, 7) is 3.74. The number of hydrogen-bond acceptors (Lipinski definition) is 6. The molecule has 2 unspecified atom stereocenters. The summed E-state index contributed by atoms with van der Waals surface area (Å²) in [7, 11) is 1.66. The molecule has 2 fully saturated rings. The van der Waals surface area contributed by atoms with Gasteiger partial charge in [-0.05, 0) is 45.5 Å². The zero-order valence-electron chi connectivity index (χ0n) is 15.5. The molecule has 6 nitrogen and oxygen atoms in total. The minimum atomic E-state index is -0.328. The molecular formula is C17H28BCl2N5O. The van der Waals surface area contributed by atoms with Crippen molar-refractivity contribution in [2.24, 2.45) is 0 Å². The van der Waals surface area contributed by atoms with Crippen molar-refractivity contribution in [3.05, 3.63) is 16.4 Å². The molecule has 3 rings (SSSR count). The molecule has 9 heteroatoms. The van der Waals surface area contributed by atoms with E-state index in [1.807, 2.05) is 13.9 Å². The summed E-state index contributed by atoms with van der Waals surface area (Å²) in [6, 6.07) is 3.33. The SMILES string of the molecule is CB(O)N1C2CCCC1CC(NCCCN(C)c1cc(Cl)nnc1Cl)C2. The number of piperidine rings is 2. The molecule has 0 aliphatic carbocycles. The second-order valence-electron chi connectivity index (χ2n) is 7.56. The van der Waals surface area contributed by atoms with Gasteiger partial charge in [-0.1, -0.05) is 29.6 Å². The fraction of sp³-hybridized carbons (Fsp3) is 0.765. The average molecular weight is 400 g/mol. The highest BCUT2D eigenvalue weighted by Gasteiger charge is 2.40. The zero-order valence-corrected chi connectivity index (χ0v) is 17.0. The van der Waals surface area contributed by atoms with Crippen molar-refractivity contribution in [3.63, 3.8) is 0 Å². The summed E-state index contributed by atoms with van der Waals surface area (Å²) in [5.74, 6) is 0. The summed E-state index contributed by atoms with van der Waals surface area (Å²) < 4.78 is 0. The molecule has 2 aliphatic heterocycles. The van der Waals surface area contributed by atoms with Gasteiger partial charge in [0.1, 0.15) is 0 Å². The van der Waals surface area contributed by atoms with Crippen molar-refractivity contribution in [1.82, 2.24) is 20.3 Å². The van der Waals surface area contributed by atoms with E-state index in [9.17, 15) is 5.02 Å². The first-order valence-corrected chi connectivity index (χ1v) is 10.3. The molecule has 0 radical (unpaired) electrons. The van der Waals surface area contributed by atoms with Crippen LogP contribution in [0.2, 0.25) is 17.1 Å². The van der Waals surface area contributed by atoms with Gasteiger partial charge in [0.05, 0.1) is 5.69 Å². The Kier molecular flexibility index (Phi) is 7.02. The third-order valence-electron chi connectivity index (χ3n) is 5.68. The van der Waals surface area contributed by atoms with Gasteiger partial charge in [0.25, 0.3) is 0 Å². The molecule has 2 atom stereocenters. The van der Waals surface area contributed by atoms with Crippen LogP contribution in [0.4, 0.5) is 5.69 Å². The number of rotatable bonds is 7. The highest BCUT2D eigenvalue weighted by Crippen LogP contribution is 2.34. The van der Waals surface area contributed by atoms with Crippen LogP contribution in [-0.2, 0) is 0 Å². The molecule has 3 heterocycles. The minimum Gasteiger partial charge on any atom is -0.437 e. The van der Waals surface area contributed by atoms with Crippen molar-refractivity contribution in [3.8, 4) is 0 Å². The summed E-state index contributed by atoms with van der Waals surface area (Å²) >= 11 is 12.0. The van der Waals surface area contributed by atoms with Crippen LogP contribution in [0.15, 0.2) is 6.07 Å². The lowest BCUT2D eigenvalue weighted by atomic mass is 9.71. The Labute approximate surface area is 166 Å². The second kappa shape index (κ2) is 9.06. The van der Waals surface area contributed by atoms with Crippen LogP contribution in [0.25, 0.3) is 0 Å². The van der Waals surface area contributed by atoms with Gasteiger partial charge in [-0.3, -0.25) is 0 Å². The second-order valence-corrected chi connectivity index (χ2v) is 8.30. The van der Waals surface area contributed by atoms with E-state index < -0.39 is 0 Å². The fourth-order valence-corrected chi connectivity index (χ4v) is 4.93. The number of aromatic nitrogens is 2. The molecule has 0 amide bonds. The van der Waals surface area contributed by atoms with Crippen LogP contribution in [0.3, 0.4) is 0 Å². The predicted molar refractivity (Wildman–Crippen MR) is 108 cm³/mol. The Morgan fingerprint density at radius 3 is 2.65 bits per heavy atom. The quantitative estimate of drug-likeness (QED) is 0.542. The molecule has 0 spiro atoms. The number of anilines is 1. The van der Waals surface area contributed by atoms with Gasteiger partial charge in [0, 0.05) is 37.8 Å². The molecule has 144 valence electrons.